The molecule has 0 aromatic heterocycles. The topological polar surface area (TPSA) is 86.7 Å². The van der Waals surface area contributed by atoms with E-state index >= 15 is 0 Å². The predicted octanol–water partition coefficient (Wildman–Crippen LogP) is 3.26. The summed E-state index contributed by atoms with van der Waals surface area (Å²) in [7, 11) is 0. The molecule has 2 amide bonds. The van der Waals surface area contributed by atoms with Gasteiger partial charge in [0.2, 0.25) is 5.91 Å². The predicted molar refractivity (Wildman–Crippen MR) is 95.8 cm³/mol. The molecule has 2 rings (SSSR count). The third-order valence-electron chi connectivity index (χ3n) is 4.21. The van der Waals surface area contributed by atoms with Gasteiger partial charge in [0.05, 0.1) is 16.5 Å². The van der Waals surface area contributed by atoms with E-state index in [0.717, 1.165) is 0 Å². The average Bonchev–Trinajstić information content (AvgIpc) is 2.55. The molecule has 25 heavy (non-hydrogen) atoms. The fourth-order valence-corrected chi connectivity index (χ4v) is 3.05. The highest BCUT2D eigenvalue weighted by Gasteiger charge is 2.28. The molecule has 0 aliphatic carbocycles. The lowest BCUT2D eigenvalue weighted by Crippen LogP contribution is -2.40. The summed E-state index contributed by atoms with van der Waals surface area (Å²) in [6, 6.07) is 4.82. The molecule has 6 nitrogen and oxygen atoms in total. The number of nitrogens with zero attached hydrogens (tertiary/aromatic N) is 1. The highest BCUT2D eigenvalue weighted by molar-refractivity contribution is 6.34. The van der Waals surface area contributed by atoms with Crippen LogP contribution in [-0.2, 0) is 9.59 Å². The van der Waals surface area contributed by atoms with Crippen LogP contribution in [0, 0.1) is 11.8 Å². The highest BCUT2D eigenvalue weighted by atomic mass is 35.5. The first-order valence-electron chi connectivity index (χ1n) is 8.39. The van der Waals surface area contributed by atoms with Gasteiger partial charge < -0.3 is 15.3 Å². The molecular formula is C18H23ClN2O4. The number of nitrogens with one attached hydrogen (secondary N) is 1. The summed E-state index contributed by atoms with van der Waals surface area (Å²) in [5, 5.41) is 12.1. The minimum absolute atomic E-state index is 0.113. The van der Waals surface area contributed by atoms with Gasteiger partial charge in [0, 0.05) is 25.2 Å². The summed E-state index contributed by atoms with van der Waals surface area (Å²) in [6.07, 6.45) is 1.27. The second-order valence-electron chi connectivity index (χ2n) is 6.75. The van der Waals surface area contributed by atoms with Gasteiger partial charge in [-0.1, -0.05) is 25.4 Å². The van der Waals surface area contributed by atoms with Crippen LogP contribution in [0.2, 0.25) is 5.02 Å². The zero-order chi connectivity index (χ0) is 18.6. The quantitative estimate of drug-likeness (QED) is 0.837. The highest BCUT2D eigenvalue weighted by Crippen LogP contribution is 2.25. The largest absolute Gasteiger partial charge is 0.481 e. The van der Waals surface area contributed by atoms with E-state index in [1.54, 1.807) is 23.1 Å². The Bertz CT molecular complexity index is 667. The number of likely N-dealkylation sites (tertiary alicyclic amines) is 1. The number of carboxylic acids is 1. The van der Waals surface area contributed by atoms with Crippen molar-refractivity contribution in [3.05, 3.63) is 28.8 Å². The Morgan fingerprint density at radius 2 is 1.92 bits per heavy atom. The van der Waals surface area contributed by atoms with Crippen LogP contribution < -0.4 is 5.32 Å². The number of carbonyl (C=O) groups excluding carboxylic acids is 2. The van der Waals surface area contributed by atoms with Crippen molar-refractivity contribution in [1.29, 1.82) is 0 Å². The molecule has 0 bridgehead atoms. The van der Waals surface area contributed by atoms with Crippen molar-refractivity contribution < 1.29 is 19.5 Å². The van der Waals surface area contributed by atoms with Crippen molar-refractivity contribution in [2.75, 3.05) is 18.4 Å². The molecule has 1 aliphatic heterocycles. The van der Waals surface area contributed by atoms with E-state index in [4.69, 9.17) is 16.7 Å². The molecule has 1 aliphatic rings. The molecule has 1 saturated heterocycles. The molecule has 136 valence electrons. The minimum atomic E-state index is -0.819. The Labute approximate surface area is 152 Å². The first-order valence-corrected chi connectivity index (χ1v) is 8.77. The van der Waals surface area contributed by atoms with E-state index < -0.39 is 11.9 Å². The third kappa shape index (κ3) is 5.19. The van der Waals surface area contributed by atoms with E-state index in [0.29, 0.717) is 48.6 Å². The van der Waals surface area contributed by atoms with Crippen molar-refractivity contribution in [2.45, 2.75) is 33.1 Å². The van der Waals surface area contributed by atoms with Crippen LogP contribution in [-0.4, -0.2) is 40.9 Å². The van der Waals surface area contributed by atoms with E-state index in [-0.39, 0.29) is 17.7 Å². The number of aliphatic carboxylic acids is 1. The molecule has 2 N–H and O–H groups in total. The van der Waals surface area contributed by atoms with Crippen LogP contribution in [0.3, 0.4) is 0 Å². The number of anilines is 1. The second-order valence-corrected chi connectivity index (χ2v) is 7.15. The molecule has 0 atom stereocenters. The maximum absolute atomic E-state index is 12.7. The monoisotopic (exact) mass is 366 g/mol. The molecule has 0 radical (unpaired) electrons. The van der Waals surface area contributed by atoms with E-state index in [1.807, 2.05) is 13.8 Å². The van der Waals surface area contributed by atoms with Gasteiger partial charge in [-0.05, 0) is 37.0 Å². The van der Waals surface area contributed by atoms with Crippen LogP contribution in [0.5, 0.6) is 0 Å². The Morgan fingerprint density at radius 3 is 2.48 bits per heavy atom. The zero-order valence-electron chi connectivity index (χ0n) is 14.4. The average molecular weight is 367 g/mol. The van der Waals surface area contributed by atoms with E-state index in [9.17, 15) is 14.4 Å². The van der Waals surface area contributed by atoms with Crippen LogP contribution in [0.4, 0.5) is 5.69 Å². The van der Waals surface area contributed by atoms with Gasteiger partial charge in [-0.3, -0.25) is 14.4 Å². The first-order chi connectivity index (χ1) is 11.8. The van der Waals surface area contributed by atoms with Gasteiger partial charge in [-0.15, -0.1) is 0 Å². The number of carbonyl (C=O) groups is 3. The number of halogens is 1. The number of carboxylic acid groups (broad SMARTS) is 1. The smallest absolute Gasteiger partial charge is 0.306 e. The van der Waals surface area contributed by atoms with Crippen LogP contribution in [0.15, 0.2) is 18.2 Å². The first kappa shape index (κ1) is 19.2. The van der Waals surface area contributed by atoms with Crippen LogP contribution in [0.25, 0.3) is 0 Å². The summed E-state index contributed by atoms with van der Waals surface area (Å²) in [5.74, 6) is -1.34. The van der Waals surface area contributed by atoms with Gasteiger partial charge in [-0.2, -0.15) is 0 Å². The molecule has 1 aromatic rings. The zero-order valence-corrected chi connectivity index (χ0v) is 15.2. The fourth-order valence-electron chi connectivity index (χ4n) is 2.85. The van der Waals surface area contributed by atoms with Gasteiger partial charge in [0.1, 0.15) is 0 Å². The van der Waals surface area contributed by atoms with Gasteiger partial charge in [-0.25, -0.2) is 0 Å². The lowest BCUT2D eigenvalue weighted by Gasteiger charge is -2.30. The molecule has 7 heteroatoms. The number of amides is 2. The number of hydrogen-bond donors (Lipinski definition) is 2. The molecule has 0 unspecified atom stereocenters. The number of piperidine rings is 1. The van der Waals surface area contributed by atoms with Gasteiger partial charge in [0.15, 0.2) is 0 Å². The third-order valence-corrected chi connectivity index (χ3v) is 4.54. The summed E-state index contributed by atoms with van der Waals surface area (Å²) < 4.78 is 0. The summed E-state index contributed by atoms with van der Waals surface area (Å²) >= 11 is 6.16. The molecule has 1 fully saturated rings. The number of benzene rings is 1. The molecule has 0 saturated carbocycles. The lowest BCUT2D eigenvalue weighted by molar-refractivity contribution is -0.143. The molecular weight excluding hydrogens is 344 g/mol. The van der Waals surface area contributed by atoms with Gasteiger partial charge >= 0.3 is 5.97 Å². The normalized spacial score (nSPS) is 15.3. The molecule has 1 aromatic carbocycles. The van der Waals surface area contributed by atoms with Crippen LogP contribution >= 0.6 is 11.6 Å². The fraction of sp³-hybridized carbons (Fsp3) is 0.500. The number of hydrogen-bond acceptors (Lipinski definition) is 3. The van der Waals surface area contributed by atoms with Crippen molar-refractivity contribution in [3.8, 4) is 0 Å². The van der Waals surface area contributed by atoms with Crippen molar-refractivity contribution in [1.82, 2.24) is 4.90 Å². The summed E-state index contributed by atoms with van der Waals surface area (Å²) in [4.78, 5) is 37.2. The Morgan fingerprint density at radius 1 is 1.28 bits per heavy atom. The SMILES string of the molecule is CC(C)CC(=O)Nc1ccc(Cl)c(C(=O)N2CCC(C(=O)O)CC2)c1. The van der Waals surface area contributed by atoms with E-state index in [2.05, 4.69) is 5.32 Å². The minimum Gasteiger partial charge on any atom is -0.481 e. The summed E-state index contributed by atoms with van der Waals surface area (Å²) in [5.41, 5.74) is 0.844. The Hall–Kier alpha value is -2.08. The Balaban J connectivity index is 2.08. The van der Waals surface area contributed by atoms with Crippen molar-refractivity contribution in [3.63, 3.8) is 0 Å². The van der Waals surface area contributed by atoms with Crippen LogP contribution in [0.1, 0.15) is 43.5 Å². The second kappa shape index (κ2) is 8.34. The lowest BCUT2D eigenvalue weighted by atomic mass is 9.96. The maximum Gasteiger partial charge on any atom is 0.306 e. The maximum atomic E-state index is 12.7. The number of rotatable bonds is 5. The van der Waals surface area contributed by atoms with E-state index in [1.165, 1.54) is 0 Å². The Kier molecular flexibility index (Phi) is 6.42. The van der Waals surface area contributed by atoms with Crippen molar-refractivity contribution in [2.24, 2.45) is 11.8 Å². The van der Waals surface area contributed by atoms with Crippen molar-refractivity contribution >= 4 is 35.1 Å². The summed E-state index contributed by atoms with van der Waals surface area (Å²) in [6.45, 7) is 4.68. The molecule has 0 spiro atoms. The molecule has 1 heterocycles. The standard InChI is InChI=1S/C18H23ClN2O4/c1-11(2)9-16(22)20-13-3-4-15(19)14(10-13)17(23)21-7-5-12(6-8-21)18(24)25/h3-4,10-12H,5-9H2,1-2H3,(H,20,22)(H,24,25). The van der Waals surface area contributed by atoms with Gasteiger partial charge in [0.25, 0.3) is 5.91 Å².